The smallest absolute Gasteiger partial charge is 0.243 e. The molecule has 1 aliphatic rings. The Hall–Kier alpha value is -0.110. The van der Waals surface area contributed by atoms with E-state index in [1.807, 2.05) is 0 Å². The number of hydrogen-bond donors (Lipinski definition) is 2. The van der Waals surface area contributed by atoms with Crippen LogP contribution in [0.3, 0.4) is 0 Å². The second-order valence-corrected chi connectivity index (χ2v) is 8.92. The first kappa shape index (κ1) is 16.3. The van der Waals surface area contributed by atoms with Crippen LogP contribution in [0.15, 0.2) is 26.0 Å². The Morgan fingerprint density at radius 2 is 2.05 bits per heavy atom. The van der Waals surface area contributed by atoms with Crippen molar-refractivity contribution in [1.82, 2.24) is 4.72 Å². The van der Waals surface area contributed by atoms with Gasteiger partial charge in [-0.25, -0.2) is 13.1 Å². The molecule has 0 bridgehead atoms. The molecule has 0 aromatic heterocycles. The zero-order valence-corrected chi connectivity index (χ0v) is 15.2. The van der Waals surface area contributed by atoms with Crippen LogP contribution in [0.5, 0.6) is 0 Å². The first-order valence-electron chi connectivity index (χ1n) is 6.54. The van der Waals surface area contributed by atoms with Crippen molar-refractivity contribution in [2.75, 3.05) is 12.3 Å². The maximum Gasteiger partial charge on any atom is 0.243 e. The molecule has 0 amide bonds. The molecule has 4 nitrogen and oxygen atoms in total. The molecule has 112 valence electrons. The molecule has 1 aliphatic carbocycles. The first-order chi connectivity index (χ1) is 9.29. The van der Waals surface area contributed by atoms with Gasteiger partial charge in [-0.1, -0.05) is 29.3 Å². The van der Waals surface area contributed by atoms with E-state index in [0.717, 1.165) is 17.3 Å². The number of nitrogens with one attached hydrogen (secondary N) is 1. The van der Waals surface area contributed by atoms with Crippen LogP contribution in [0.2, 0.25) is 0 Å². The van der Waals surface area contributed by atoms with E-state index < -0.39 is 10.0 Å². The van der Waals surface area contributed by atoms with Crippen molar-refractivity contribution in [3.63, 3.8) is 0 Å². The molecule has 0 saturated heterocycles. The normalized spacial score (nSPS) is 23.1. The summed E-state index contributed by atoms with van der Waals surface area (Å²) in [4.78, 5) is 0.117. The van der Waals surface area contributed by atoms with E-state index in [9.17, 15) is 8.42 Å². The standard InChI is InChI=1S/C13H18Br2N2O2S/c1-8-2-3-9(4-8)7-17-20(18,19)13-11(15)5-10(14)6-12(13)16/h5-6,8-9,17H,2-4,7,16H2,1H3. The van der Waals surface area contributed by atoms with Gasteiger partial charge in [-0.3, -0.25) is 0 Å². The third-order valence-electron chi connectivity index (χ3n) is 3.67. The molecule has 1 saturated carbocycles. The van der Waals surface area contributed by atoms with Crippen molar-refractivity contribution in [1.29, 1.82) is 0 Å². The second kappa shape index (κ2) is 6.34. The van der Waals surface area contributed by atoms with Crippen molar-refractivity contribution >= 4 is 47.6 Å². The van der Waals surface area contributed by atoms with Gasteiger partial charge in [-0.15, -0.1) is 0 Å². The van der Waals surface area contributed by atoms with E-state index in [1.54, 1.807) is 12.1 Å². The van der Waals surface area contributed by atoms with Gasteiger partial charge in [-0.2, -0.15) is 0 Å². The van der Waals surface area contributed by atoms with Crippen LogP contribution < -0.4 is 10.5 Å². The zero-order valence-electron chi connectivity index (χ0n) is 11.2. The molecule has 2 rings (SSSR count). The number of anilines is 1. The largest absolute Gasteiger partial charge is 0.398 e. The fraction of sp³-hybridized carbons (Fsp3) is 0.538. The molecular formula is C13H18Br2N2O2S. The summed E-state index contributed by atoms with van der Waals surface area (Å²) >= 11 is 6.56. The summed E-state index contributed by atoms with van der Waals surface area (Å²) in [5, 5.41) is 0. The minimum Gasteiger partial charge on any atom is -0.398 e. The highest BCUT2D eigenvalue weighted by molar-refractivity contribution is 9.11. The van der Waals surface area contributed by atoms with Gasteiger partial charge >= 0.3 is 0 Å². The van der Waals surface area contributed by atoms with E-state index >= 15 is 0 Å². The average molecular weight is 426 g/mol. The van der Waals surface area contributed by atoms with Gasteiger partial charge in [0.05, 0.1) is 5.69 Å². The molecule has 0 spiro atoms. The summed E-state index contributed by atoms with van der Waals surface area (Å²) in [7, 11) is -3.59. The molecule has 2 atom stereocenters. The average Bonchev–Trinajstić information content (AvgIpc) is 2.71. The number of nitrogens with two attached hydrogens (primary N) is 1. The third kappa shape index (κ3) is 3.75. The van der Waals surface area contributed by atoms with Crippen LogP contribution in [-0.4, -0.2) is 15.0 Å². The summed E-state index contributed by atoms with van der Waals surface area (Å²) in [6, 6.07) is 3.28. The number of rotatable bonds is 4. The Labute approximate surface area is 136 Å². The van der Waals surface area contributed by atoms with Gasteiger partial charge in [0.25, 0.3) is 0 Å². The molecule has 3 N–H and O–H groups in total. The maximum atomic E-state index is 12.4. The quantitative estimate of drug-likeness (QED) is 0.725. The SMILES string of the molecule is CC1CCC(CNS(=O)(=O)c2c(N)cc(Br)cc2Br)C1. The van der Waals surface area contributed by atoms with Crippen molar-refractivity contribution in [3.05, 3.63) is 21.1 Å². The van der Waals surface area contributed by atoms with Gasteiger partial charge < -0.3 is 5.73 Å². The van der Waals surface area contributed by atoms with E-state index in [1.165, 1.54) is 6.42 Å². The Morgan fingerprint density at radius 3 is 2.60 bits per heavy atom. The lowest BCUT2D eigenvalue weighted by atomic mass is 10.1. The summed E-state index contributed by atoms with van der Waals surface area (Å²) in [5.74, 6) is 1.12. The van der Waals surface area contributed by atoms with Crippen LogP contribution in [0.4, 0.5) is 5.69 Å². The topological polar surface area (TPSA) is 72.2 Å². The molecule has 0 heterocycles. The van der Waals surface area contributed by atoms with Gasteiger partial charge in [0.2, 0.25) is 10.0 Å². The molecule has 0 radical (unpaired) electrons. The lowest BCUT2D eigenvalue weighted by molar-refractivity contribution is 0.498. The van der Waals surface area contributed by atoms with Crippen molar-refractivity contribution in [2.45, 2.75) is 31.1 Å². The lowest BCUT2D eigenvalue weighted by Crippen LogP contribution is -2.29. The molecule has 2 unspecified atom stereocenters. The first-order valence-corrected chi connectivity index (χ1v) is 9.60. The van der Waals surface area contributed by atoms with E-state index in [-0.39, 0.29) is 10.6 Å². The maximum absolute atomic E-state index is 12.4. The predicted octanol–water partition coefficient (Wildman–Crippen LogP) is 3.51. The Kier molecular flexibility index (Phi) is 5.15. The number of benzene rings is 1. The van der Waals surface area contributed by atoms with Crippen LogP contribution >= 0.6 is 31.9 Å². The summed E-state index contributed by atoms with van der Waals surface area (Å²) in [6.45, 7) is 2.69. The monoisotopic (exact) mass is 424 g/mol. The highest BCUT2D eigenvalue weighted by atomic mass is 79.9. The highest BCUT2D eigenvalue weighted by Gasteiger charge is 2.26. The second-order valence-electron chi connectivity index (χ2n) is 5.44. The molecule has 20 heavy (non-hydrogen) atoms. The Balaban J connectivity index is 2.15. The van der Waals surface area contributed by atoms with E-state index in [2.05, 4.69) is 43.5 Å². The fourth-order valence-corrected chi connectivity index (χ4v) is 5.86. The number of nitrogen functional groups attached to an aromatic ring is 1. The Morgan fingerprint density at radius 1 is 1.35 bits per heavy atom. The van der Waals surface area contributed by atoms with Crippen LogP contribution in [0.25, 0.3) is 0 Å². The van der Waals surface area contributed by atoms with Crippen LogP contribution in [-0.2, 0) is 10.0 Å². The van der Waals surface area contributed by atoms with E-state index in [4.69, 9.17) is 5.73 Å². The van der Waals surface area contributed by atoms with Crippen molar-refractivity contribution in [2.24, 2.45) is 11.8 Å². The number of hydrogen-bond acceptors (Lipinski definition) is 3. The van der Waals surface area contributed by atoms with Gasteiger partial charge in [-0.05, 0) is 52.7 Å². The molecule has 7 heteroatoms. The van der Waals surface area contributed by atoms with Crippen molar-refractivity contribution in [3.8, 4) is 0 Å². The van der Waals surface area contributed by atoms with E-state index in [0.29, 0.717) is 22.9 Å². The molecule has 1 aromatic rings. The summed E-state index contributed by atoms with van der Waals surface area (Å²) in [6.07, 6.45) is 3.34. The van der Waals surface area contributed by atoms with Gasteiger partial charge in [0, 0.05) is 15.5 Å². The van der Waals surface area contributed by atoms with Crippen molar-refractivity contribution < 1.29 is 8.42 Å². The molecule has 1 fully saturated rings. The molecular weight excluding hydrogens is 408 g/mol. The molecule has 1 aromatic carbocycles. The number of halogens is 2. The Bertz CT molecular complexity index is 581. The fourth-order valence-electron chi connectivity index (χ4n) is 2.67. The zero-order chi connectivity index (χ0) is 14.9. The number of sulfonamides is 1. The summed E-state index contributed by atoms with van der Waals surface area (Å²) < 4.78 is 28.7. The minimum atomic E-state index is -3.59. The van der Waals surface area contributed by atoms with Crippen LogP contribution in [0.1, 0.15) is 26.2 Å². The minimum absolute atomic E-state index is 0.117. The highest BCUT2D eigenvalue weighted by Crippen LogP contribution is 2.33. The molecule has 0 aliphatic heterocycles. The van der Waals surface area contributed by atoms with Gasteiger partial charge in [0.1, 0.15) is 4.90 Å². The van der Waals surface area contributed by atoms with Gasteiger partial charge in [0.15, 0.2) is 0 Å². The summed E-state index contributed by atoms with van der Waals surface area (Å²) in [5.41, 5.74) is 6.07. The third-order valence-corrected chi connectivity index (χ3v) is 6.56. The van der Waals surface area contributed by atoms with Crippen LogP contribution in [0, 0.1) is 11.8 Å². The predicted molar refractivity (Wildman–Crippen MR) is 87.9 cm³/mol. The lowest BCUT2D eigenvalue weighted by Gasteiger charge is -2.14.